The number of benzene rings is 1. The second-order valence-electron chi connectivity index (χ2n) is 5.54. The molecule has 0 heterocycles. The number of aryl methyl sites for hydroxylation is 1. The summed E-state index contributed by atoms with van der Waals surface area (Å²) in [5.74, 6) is 0.979. The number of rotatable bonds is 10. The third kappa shape index (κ3) is 8.33. The Kier molecular flexibility index (Phi) is 7.85. The Morgan fingerprint density at radius 2 is 1.75 bits per heavy atom. The maximum absolute atomic E-state index is 11.8. The van der Waals surface area contributed by atoms with E-state index in [0.29, 0.717) is 25.6 Å². The largest absolute Gasteiger partial charge is 0.380 e. The van der Waals surface area contributed by atoms with Gasteiger partial charge in [-0.3, -0.25) is 0 Å². The molecule has 0 fully saturated rings. The van der Waals surface area contributed by atoms with Crippen LogP contribution in [0, 0.1) is 5.92 Å². The summed E-state index contributed by atoms with van der Waals surface area (Å²) in [5, 5.41) is 0. The second-order valence-corrected chi connectivity index (χ2v) is 7.84. The molecule has 0 aliphatic heterocycles. The van der Waals surface area contributed by atoms with Crippen LogP contribution in [0.5, 0.6) is 0 Å². The zero-order chi connectivity index (χ0) is 14.8. The molecule has 20 heavy (non-hydrogen) atoms. The van der Waals surface area contributed by atoms with Crippen LogP contribution in [-0.4, -0.2) is 33.1 Å². The molecule has 0 radical (unpaired) electrons. The van der Waals surface area contributed by atoms with Crippen molar-refractivity contribution in [1.29, 1.82) is 0 Å². The van der Waals surface area contributed by atoms with Gasteiger partial charge in [0.25, 0.3) is 0 Å². The average Bonchev–Trinajstić information content (AvgIpc) is 2.39. The summed E-state index contributed by atoms with van der Waals surface area (Å²) in [4.78, 5) is 0. The van der Waals surface area contributed by atoms with Crippen molar-refractivity contribution in [2.45, 2.75) is 33.1 Å². The third-order valence-electron chi connectivity index (χ3n) is 3.14. The molecule has 114 valence electrons. The topological polar surface area (TPSA) is 43.4 Å². The van der Waals surface area contributed by atoms with Gasteiger partial charge < -0.3 is 4.74 Å². The van der Waals surface area contributed by atoms with Crippen LogP contribution in [0.3, 0.4) is 0 Å². The molecule has 3 nitrogen and oxygen atoms in total. The van der Waals surface area contributed by atoms with Crippen molar-refractivity contribution in [2.75, 3.05) is 24.7 Å². The first-order chi connectivity index (χ1) is 9.49. The van der Waals surface area contributed by atoms with Crippen molar-refractivity contribution >= 4 is 9.84 Å². The van der Waals surface area contributed by atoms with Gasteiger partial charge in [-0.25, -0.2) is 8.42 Å². The molecule has 0 aromatic heterocycles. The summed E-state index contributed by atoms with van der Waals surface area (Å²) in [5.41, 5.74) is 1.19. The van der Waals surface area contributed by atoms with Crippen LogP contribution >= 0.6 is 0 Å². The summed E-state index contributed by atoms with van der Waals surface area (Å²) < 4.78 is 29.0. The first-order valence-electron chi connectivity index (χ1n) is 7.32. The van der Waals surface area contributed by atoms with Crippen LogP contribution < -0.4 is 0 Å². The lowest BCUT2D eigenvalue weighted by Crippen LogP contribution is -2.16. The van der Waals surface area contributed by atoms with E-state index in [1.165, 1.54) is 5.56 Å². The number of sulfone groups is 1. The predicted octanol–water partition coefficient (Wildman–Crippen LogP) is 3.10. The van der Waals surface area contributed by atoms with Gasteiger partial charge in [0.05, 0.1) is 18.1 Å². The molecule has 0 saturated heterocycles. The van der Waals surface area contributed by atoms with Crippen LogP contribution in [0.4, 0.5) is 0 Å². The SMILES string of the molecule is CC(C)CCOCCS(=O)(=O)CCCc1ccccc1. The van der Waals surface area contributed by atoms with Crippen molar-refractivity contribution in [2.24, 2.45) is 5.92 Å². The first kappa shape index (κ1) is 17.2. The van der Waals surface area contributed by atoms with Gasteiger partial charge in [0, 0.05) is 6.61 Å². The third-order valence-corrected chi connectivity index (χ3v) is 4.84. The van der Waals surface area contributed by atoms with Crippen LogP contribution in [-0.2, 0) is 21.0 Å². The van der Waals surface area contributed by atoms with Gasteiger partial charge in [0.15, 0.2) is 9.84 Å². The Bertz CT molecular complexity index is 452. The normalized spacial score (nSPS) is 11.9. The van der Waals surface area contributed by atoms with Crippen molar-refractivity contribution in [1.82, 2.24) is 0 Å². The van der Waals surface area contributed by atoms with Crippen molar-refractivity contribution < 1.29 is 13.2 Å². The molecule has 1 aromatic carbocycles. The molecular weight excluding hydrogens is 272 g/mol. The van der Waals surface area contributed by atoms with Crippen LogP contribution in [0.15, 0.2) is 30.3 Å². The summed E-state index contributed by atoms with van der Waals surface area (Å²) >= 11 is 0. The minimum atomic E-state index is -2.98. The lowest BCUT2D eigenvalue weighted by molar-refractivity contribution is 0.137. The first-order valence-corrected chi connectivity index (χ1v) is 9.14. The minimum Gasteiger partial charge on any atom is -0.380 e. The van der Waals surface area contributed by atoms with E-state index in [1.807, 2.05) is 30.3 Å². The maximum Gasteiger partial charge on any atom is 0.152 e. The molecule has 0 aliphatic rings. The van der Waals surface area contributed by atoms with E-state index in [0.717, 1.165) is 12.8 Å². The van der Waals surface area contributed by atoms with Crippen LogP contribution in [0.1, 0.15) is 32.3 Å². The number of ether oxygens (including phenoxy) is 1. The van der Waals surface area contributed by atoms with Crippen molar-refractivity contribution in [3.8, 4) is 0 Å². The van der Waals surface area contributed by atoms with E-state index in [9.17, 15) is 8.42 Å². The Morgan fingerprint density at radius 3 is 2.40 bits per heavy atom. The average molecular weight is 298 g/mol. The van der Waals surface area contributed by atoms with Gasteiger partial charge in [-0.1, -0.05) is 44.2 Å². The molecule has 0 amide bonds. The highest BCUT2D eigenvalue weighted by atomic mass is 32.2. The fourth-order valence-corrected chi connectivity index (χ4v) is 3.01. The molecule has 4 heteroatoms. The quantitative estimate of drug-likeness (QED) is 0.623. The Balaban J connectivity index is 2.15. The lowest BCUT2D eigenvalue weighted by Gasteiger charge is -2.07. The van der Waals surface area contributed by atoms with Gasteiger partial charge in [-0.05, 0) is 30.7 Å². The zero-order valence-corrected chi connectivity index (χ0v) is 13.4. The molecule has 0 bridgehead atoms. The van der Waals surface area contributed by atoms with Gasteiger partial charge in [-0.2, -0.15) is 0 Å². The summed E-state index contributed by atoms with van der Waals surface area (Å²) in [7, 11) is -2.98. The van der Waals surface area contributed by atoms with Crippen LogP contribution in [0.25, 0.3) is 0 Å². The van der Waals surface area contributed by atoms with E-state index in [2.05, 4.69) is 13.8 Å². The van der Waals surface area contributed by atoms with Gasteiger partial charge in [-0.15, -0.1) is 0 Å². The highest BCUT2D eigenvalue weighted by Crippen LogP contribution is 2.05. The van der Waals surface area contributed by atoms with E-state index in [1.54, 1.807) is 0 Å². The highest BCUT2D eigenvalue weighted by Gasteiger charge is 2.10. The second kappa shape index (κ2) is 9.14. The Hall–Kier alpha value is -0.870. The lowest BCUT2D eigenvalue weighted by atomic mass is 10.1. The standard InChI is InChI=1S/C16H26O3S/c1-15(2)10-11-19-12-14-20(17,18)13-6-9-16-7-4-3-5-8-16/h3-5,7-8,15H,6,9-14H2,1-2H3. The van der Waals surface area contributed by atoms with Gasteiger partial charge >= 0.3 is 0 Å². The van der Waals surface area contributed by atoms with Crippen molar-refractivity contribution in [3.63, 3.8) is 0 Å². The van der Waals surface area contributed by atoms with Crippen molar-refractivity contribution in [3.05, 3.63) is 35.9 Å². The fraction of sp³-hybridized carbons (Fsp3) is 0.625. The molecular formula is C16H26O3S. The maximum atomic E-state index is 11.8. The zero-order valence-electron chi connectivity index (χ0n) is 12.5. The summed E-state index contributed by atoms with van der Waals surface area (Å²) in [6.45, 7) is 5.23. The van der Waals surface area contributed by atoms with Crippen LogP contribution in [0.2, 0.25) is 0 Å². The fourth-order valence-electron chi connectivity index (χ4n) is 1.85. The van der Waals surface area contributed by atoms with E-state index >= 15 is 0 Å². The molecule has 0 atom stereocenters. The smallest absolute Gasteiger partial charge is 0.152 e. The molecule has 1 aromatic rings. The number of hydrogen-bond acceptors (Lipinski definition) is 3. The molecule has 0 saturated carbocycles. The van der Waals surface area contributed by atoms with E-state index in [4.69, 9.17) is 4.74 Å². The molecule has 1 rings (SSSR count). The summed E-state index contributed by atoms with van der Waals surface area (Å²) in [6, 6.07) is 9.98. The Labute approximate surface area is 123 Å². The molecule has 0 unspecified atom stereocenters. The predicted molar refractivity (Wildman–Crippen MR) is 83.7 cm³/mol. The molecule has 0 spiro atoms. The molecule has 0 N–H and O–H groups in total. The van der Waals surface area contributed by atoms with E-state index < -0.39 is 9.84 Å². The molecule has 0 aliphatic carbocycles. The van der Waals surface area contributed by atoms with E-state index in [-0.39, 0.29) is 11.5 Å². The summed E-state index contributed by atoms with van der Waals surface area (Å²) in [6.07, 6.45) is 2.47. The van der Waals surface area contributed by atoms with Gasteiger partial charge in [0.1, 0.15) is 0 Å². The monoisotopic (exact) mass is 298 g/mol. The highest BCUT2D eigenvalue weighted by molar-refractivity contribution is 7.91. The number of hydrogen-bond donors (Lipinski definition) is 0. The Morgan fingerprint density at radius 1 is 1.05 bits per heavy atom. The minimum absolute atomic E-state index is 0.139. The van der Waals surface area contributed by atoms with Gasteiger partial charge in [0.2, 0.25) is 0 Å².